The van der Waals surface area contributed by atoms with E-state index in [2.05, 4.69) is 4.99 Å². The fraction of sp³-hybridized carbons (Fsp3) is 0.130. The number of nitrogens with zero attached hydrogens (tertiary/aromatic N) is 2. The average Bonchev–Trinajstić information content (AvgIpc) is 2.71. The monoisotopic (exact) mass is 412 g/mol. The van der Waals surface area contributed by atoms with E-state index in [1.165, 1.54) is 12.1 Å². The van der Waals surface area contributed by atoms with Gasteiger partial charge in [-0.2, -0.15) is 18.4 Å². The number of hydrogen-bond donors (Lipinski definition) is 0. The second kappa shape index (κ2) is 8.93. The van der Waals surface area contributed by atoms with Gasteiger partial charge >= 0.3 is 6.18 Å². The molecule has 3 aromatic rings. The lowest BCUT2D eigenvalue weighted by atomic mass is 9.98. The highest BCUT2D eigenvalue weighted by Crippen LogP contribution is 2.30. The zero-order chi connectivity index (χ0) is 20.9. The van der Waals surface area contributed by atoms with Crippen molar-refractivity contribution in [3.8, 4) is 6.07 Å². The van der Waals surface area contributed by atoms with Crippen LogP contribution in [0.2, 0.25) is 5.02 Å². The molecule has 0 N–H and O–H groups in total. The van der Waals surface area contributed by atoms with Crippen molar-refractivity contribution in [2.24, 2.45) is 4.99 Å². The van der Waals surface area contributed by atoms with Crippen molar-refractivity contribution in [2.75, 3.05) is 0 Å². The van der Waals surface area contributed by atoms with Crippen LogP contribution in [0.3, 0.4) is 0 Å². The third kappa shape index (κ3) is 5.46. The summed E-state index contributed by atoms with van der Waals surface area (Å²) >= 11 is 6.07. The number of alkyl halides is 3. The van der Waals surface area contributed by atoms with Crippen molar-refractivity contribution in [1.29, 1.82) is 5.26 Å². The van der Waals surface area contributed by atoms with E-state index in [1.54, 1.807) is 6.07 Å². The third-order valence-electron chi connectivity index (χ3n) is 4.38. The molecule has 0 unspecified atom stereocenters. The Morgan fingerprint density at radius 3 is 2.24 bits per heavy atom. The topological polar surface area (TPSA) is 36.1 Å². The van der Waals surface area contributed by atoms with Gasteiger partial charge in [-0.15, -0.1) is 0 Å². The van der Waals surface area contributed by atoms with Crippen molar-refractivity contribution in [3.63, 3.8) is 0 Å². The highest BCUT2D eigenvalue weighted by molar-refractivity contribution is 6.30. The molecule has 0 amide bonds. The van der Waals surface area contributed by atoms with Crippen LogP contribution in [0.5, 0.6) is 0 Å². The van der Waals surface area contributed by atoms with E-state index in [4.69, 9.17) is 11.6 Å². The lowest BCUT2D eigenvalue weighted by Gasteiger charge is -2.15. The number of benzene rings is 3. The molecule has 2 nitrogen and oxygen atoms in total. The summed E-state index contributed by atoms with van der Waals surface area (Å²) in [6.07, 6.45) is -3.93. The summed E-state index contributed by atoms with van der Waals surface area (Å²) in [6.45, 7) is 0. The van der Waals surface area contributed by atoms with Crippen LogP contribution in [-0.2, 0) is 12.6 Å². The van der Waals surface area contributed by atoms with Crippen LogP contribution in [0.25, 0.3) is 0 Å². The molecule has 1 atom stereocenters. The van der Waals surface area contributed by atoms with Gasteiger partial charge in [0, 0.05) is 10.6 Å². The zero-order valence-electron chi connectivity index (χ0n) is 15.2. The molecule has 0 fully saturated rings. The van der Waals surface area contributed by atoms with Gasteiger partial charge < -0.3 is 0 Å². The number of nitriles is 1. The zero-order valence-corrected chi connectivity index (χ0v) is 16.0. The highest BCUT2D eigenvalue weighted by atomic mass is 35.5. The molecular weight excluding hydrogens is 397 g/mol. The highest BCUT2D eigenvalue weighted by Gasteiger charge is 2.30. The normalized spacial score (nSPS) is 13.0. The predicted octanol–water partition coefficient (Wildman–Crippen LogP) is 6.66. The van der Waals surface area contributed by atoms with Crippen LogP contribution in [-0.4, -0.2) is 5.71 Å². The van der Waals surface area contributed by atoms with Gasteiger partial charge in [0.2, 0.25) is 0 Å². The second-order valence-electron chi connectivity index (χ2n) is 6.43. The van der Waals surface area contributed by atoms with Crippen molar-refractivity contribution in [3.05, 3.63) is 106 Å². The second-order valence-corrected chi connectivity index (χ2v) is 6.86. The summed E-state index contributed by atoms with van der Waals surface area (Å²) in [5.74, 6) is 0. The molecule has 0 bridgehead atoms. The fourth-order valence-corrected chi connectivity index (χ4v) is 3.15. The maximum absolute atomic E-state index is 12.8. The van der Waals surface area contributed by atoms with Gasteiger partial charge in [0.15, 0.2) is 0 Å². The summed E-state index contributed by atoms with van der Waals surface area (Å²) in [4.78, 5) is 4.58. The Morgan fingerprint density at radius 2 is 1.66 bits per heavy atom. The molecule has 0 heterocycles. The molecule has 3 aromatic carbocycles. The minimum absolute atomic E-state index is 0.0783. The molecule has 0 aliphatic heterocycles. The number of hydrogen-bond acceptors (Lipinski definition) is 2. The maximum Gasteiger partial charge on any atom is 0.416 e. The molecule has 29 heavy (non-hydrogen) atoms. The largest absolute Gasteiger partial charge is 0.416 e. The minimum atomic E-state index is -4.43. The Bertz CT molecular complexity index is 1040. The van der Waals surface area contributed by atoms with Gasteiger partial charge in [-0.1, -0.05) is 66.2 Å². The maximum atomic E-state index is 12.8. The molecule has 0 saturated carbocycles. The molecule has 0 radical (unpaired) electrons. The Hall–Kier alpha value is -3.10. The average molecular weight is 413 g/mol. The third-order valence-corrected chi connectivity index (χ3v) is 4.61. The SMILES string of the molecule is N#C/C(=N\[C@H](Cc1cccc(Cl)c1)c1ccccc1)c1ccc(C(F)(F)F)cc1. The molecule has 6 heteroatoms. The van der Waals surface area contributed by atoms with Gasteiger partial charge in [-0.3, -0.25) is 4.99 Å². The quantitative estimate of drug-likeness (QED) is 0.432. The van der Waals surface area contributed by atoms with Crippen LogP contribution < -0.4 is 0 Å². The van der Waals surface area contributed by atoms with E-state index in [0.717, 1.165) is 23.3 Å². The molecular formula is C23H16ClF3N2. The molecule has 0 aromatic heterocycles. The van der Waals surface area contributed by atoms with Gasteiger partial charge in [0.25, 0.3) is 0 Å². The number of halogens is 4. The van der Waals surface area contributed by atoms with Crippen molar-refractivity contribution in [2.45, 2.75) is 18.6 Å². The summed E-state index contributed by atoms with van der Waals surface area (Å²) in [7, 11) is 0. The summed E-state index contributed by atoms with van der Waals surface area (Å²) < 4.78 is 38.4. The van der Waals surface area contributed by atoms with Crippen molar-refractivity contribution >= 4 is 17.3 Å². The van der Waals surface area contributed by atoms with Crippen LogP contribution in [0.1, 0.15) is 28.3 Å². The van der Waals surface area contributed by atoms with Crippen LogP contribution in [0.15, 0.2) is 83.9 Å². The Balaban J connectivity index is 1.97. The first kappa shape index (κ1) is 20.6. The first-order valence-electron chi connectivity index (χ1n) is 8.82. The van der Waals surface area contributed by atoms with Gasteiger partial charge in [0.05, 0.1) is 11.6 Å². The van der Waals surface area contributed by atoms with Gasteiger partial charge in [-0.05, 0) is 41.8 Å². The van der Waals surface area contributed by atoms with E-state index in [9.17, 15) is 18.4 Å². The van der Waals surface area contributed by atoms with Crippen LogP contribution in [0.4, 0.5) is 13.2 Å². The van der Waals surface area contributed by atoms with E-state index < -0.39 is 11.7 Å². The van der Waals surface area contributed by atoms with Gasteiger partial charge in [-0.25, -0.2) is 0 Å². The lowest BCUT2D eigenvalue weighted by molar-refractivity contribution is -0.137. The Labute approximate surface area is 171 Å². The van der Waals surface area contributed by atoms with Gasteiger partial charge in [0.1, 0.15) is 11.8 Å². The van der Waals surface area contributed by atoms with Crippen molar-refractivity contribution in [1.82, 2.24) is 0 Å². The predicted molar refractivity (Wildman–Crippen MR) is 108 cm³/mol. The number of rotatable bonds is 5. The summed E-state index contributed by atoms with van der Waals surface area (Å²) in [5.41, 5.74) is 1.49. The number of aliphatic imine (C=N–C) groups is 1. The van der Waals surface area contributed by atoms with E-state index in [0.29, 0.717) is 17.0 Å². The smallest absolute Gasteiger partial charge is 0.265 e. The first-order chi connectivity index (χ1) is 13.9. The molecule has 0 spiro atoms. The van der Waals surface area contributed by atoms with Crippen LogP contribution in [0, 0.1) is 11.3 Å². The van der Waals surface area contributed by atoms with E-state index in [-0.39, 0.29) is 11.8 Å². The molecule has 0 aliphatic carbocycles. The molecule has 0 saturated heterocycles. The van der Waals surface area contributed by atoms with E-state index >= 15 is 0 Å². The fourth-order valence-electron chi connectivity index (χ4n) is 2.94. The molecule has 3 rings (SSSR count). The Morgan fingerprint density at radius 1 is 0.966 bits per heavy atom. The van der Waals surface area contributed by atoms with Crippen molar-refractivity contribution < 1.29 is 13.2 Å². The summed E-state index contributed by atoms with van der Waals surface area (Å²) in [6, 6.07) is 22.9. The van der Waals surface area contributed by atoms with Crippen LogP contribution >= 0.6 is 11.6 Å². The lowest BCUT2D eigenvalue weighted by Crippen LogP contribution is -2.08. The first-order valence-corrected chi connectivity index (χ1v) is 9.19. The minimum Gasteiger partial charge on any atom is -0.265 e. The molecule has 146 valence electrons. The molecule has 0 aliphatic rings. The van der Waals surface area contributed by atoms with E-state index in [1.807, 2.05) is 54.6 Å². The summed E-state index contributed by atoms with van der Waals surface area (Å²) in [5, 5.41) is 10.2. The standard InChI is InChI=1S/C23H16ClF3N2/c24-20-8-4-5-16(13-20)14-21(17-6-2-1-3-7-17)29-22(15-28)18-9-11-19(12-10-18)23(25,26)27/h1-13,21H,14H2/b29-22+/t21-/m1/s1. The Kier molecular flexibility index (Phi) is 6.36.